The van der Waals surface area contributed by atoms with E-state index in [4.69, 9.17) is 0 Å². The van der Waals surface area contributed by atoms with E-state index in [0.717, 1.165) is 31.5 Å². The quantitative estimate of drug-likeness (QED) is 0.385. The average molecular weight is 483 g/mol. The number of halogens is 1. The summed E-state index contributed by atoms with van der Waals surface area (Å²) < 4.78 is 14.7. The summed E-state index contributed by atoms with van der Waals surface area (Å²) in [7, 11) is 4.10. The Balaban J connectivity index is 2.03. The SMILES string of the molecule is Cc1c(F)cccc1[C@@H]1[C@@H](C(=O)c2cccc(O)c2)CN(CCCCN(C)C)C[C@H]1C(=O)C(C)C. The van der Waals surface area contributed by atoms with Crippen LogP contribution in [0.15, 0.2) is 42.5 Å². The van der Waals surface area contributed by atoms with Crippen molar-refractivity contribution >= 4 is 11.6 Å². The highest BCUT2D eigenvalue weighted by Crippen LogP contribution is 2.42. The molecule has 2 aromatic rings. The lowest BCUT2D eigenvalue weighted by atomic mass is 9.67. The number of carbonyl (C=O) groups is 2. The van der Waals surface area contributed by atoms with Crippen molar-refractivity contribution in [1.82, 2.24) is 9.80 Å². The van der Waals surface area contributed by atoms with Gasteiger partial charge in [-0.1, -0.05) is 38.1 Å². The molecule has 1 aliphatic heterocycles. The minimum Gasteiger partial charge on any atom is -0.508 e. The van der Waals surface area contributed by atoms with Crippen molar-refractivity contribution in [3.63, 3.8) is 0 Å². The van der Waals surface area contributed by atoms with Gasteiger partial charge in [0.2, 0.25) is 0 Å². The van der Waals surface area contributed by atoms with Crippen LogP contribution in [0.5, 0.6) is 5.75 Å². The van der Waals surface area contributed by atoms with Crippen LogP contribution in [0.3, 0.4) is 0 Å². The van der Waals surface area contributed by atoms with E-state index in [-0.39, 0.29) is 29.1 Å². The van der Waals surface area contributed by atoms with E-state index in [0.29, 0.717) is 24.2 Å². The molecule has 0 unspecified atom stereocenters. The maximum absolute atomic E-state index is 14.7. The van der Waals surface area contributed by atoms with Crippen LogP contribution in [0.2, 0.25) is 0 Å². The van der Waals surface area contributed by atoms with Gasteiger partial charge in [0.25, 0.3) is 0 Å². The number of carbonyl (C=O) groups excluding carboxylic acids is 2. The maximum atomic E-state index is 14.7. The van der Waals surface area contributed by atoms with Gasteiger partial charge in [-0.05, 0) is 76.3 Å². The average Bonchev–Trinajstić information content (AvgIpc) is 2.82. The molecule has 1 fully saturated rings. The second kappa shape index (κ2) is 11.9. The molecule has 1 heterocycles. The van der Waals surface area contributed by atoms with Crippen molar-refractivity contribution in [3.8, 4) is 5.75 Å². The third kappa shape index (κ3) is 6.56. The first-order valence-corrected chi connectivity index (χ1v) is 12.6. The topological polar surface area (TPSA) is 60.9 Å². The number of benzene rings is 2. The first kappa shape index (κ1) is 27.0. The molecule has 1 N–H and O–H groups in total. The van der Waals surface area contributed by atoms with Crippen LogP contribution < -0.4 is 0 Å². The number of piperidine rings is 1. The van der Waals surface area contributed by atoms with E-state index >= 15 is 0 Å². The number of aromatic hydroxyl groups is 1. The molecule has 35 heavy (non-hydrogen) atoms. The molecule has 0 amide bonds. The van der Waals surface area contributed by atoms with Crippen LogP contribution in [0.4, 0.5) is 4.39 Å². The molecule has 1 saturated heterocycles. The molecule has 3 atom stereocenters. The van der Waals surface area contributed by atoms with Crippen LogP contribution >= 0.6 is 0 Å². The predicted octanol–water partition coefficient (Wildman–Crippen LogP) is 4.92. The molecule has 3 rings (SSSR count). The Kier molecular flexibility index (Phi) is 9.20. The van der Waals surface area contributed by atoms with Gasteiger partial charge in [-0.3, -0.25) is 9.59 Å². The van der Waals surface area contributed by atoms with Crippen molar-refractivity contribution in [2.75, 3.05) is 40.3 Å². The molecule has 0 saturated carbocycles. The Bertz CT molecular complexity index is 1040. The molecule has 0 bridgehead atoms. The fourth-order valence-electron chi connectivity index (χ4n) is 5.32. The third-order valence-electron chi connectivity index (χ3n) is 7.18. The van der Waals surface area contributed by atoms with Crippen molar-refractivity contribution in [3.05, 3.63) is 65.0 Å². The van der Waals surface area contributed by atoms with Gasteiger partial charge in [-0.25, -0.2) is 4.39 Å². The number of nitrogens with zero attached hydrogens (tertiary/aromatic N) is 2. The summed E-state index contributed by atoms with van der Waals surface area (Å²) in [6, 6.07) is 11.3. The number of unbranched alkanes of at least 4 members (excludes halogenated alkanes) is 1. The van der Waals surface area contributed by atoms with E-state index in [1.54, 1.807) is 25.1 Å². The number of hydrogen-bond acceptors (Lipinski definition) is 5. The smallest absolute Gasteiger partial charge is 0.167 e. The van der Waals surface area contributed by atoms with Gasteiger partial charge in [0.15, 0.2) is 5.78 Å². The number of Topliss-reactive ketones (excluding diaryl/α,β-unsaturated/α-hetero) is 2. The number of ketones is 2. The monoisotopic (exact) mass is 482 g/mol. The highest BCUT2D eigenvalue weighted by atomic mass is 19.1. The summed E-state index contributed by atoms with van der Waals surface area (Å²) in [4.78, 5) is 31.8. The number of hydrogen-bond donors (Lipinski definition) is 1. The van der Waals surface area contributed by atoms with Gasteiger partial charge in [-0.15, -0.1) is 0 Å². The van der Waals surface area contributed by atoms with Gasteiger partial charge in [-0.2, -0.15) is 0 Å². The normalized spacial score (nSPS) is 21.0. The Labute approximate surface area is 208 Å². The predicted molar refractivity (Wildman–Crippen MR) is 137 cm³/mol. The van der Waals surface area contributed by atoms with Crippen molar-refractivity contribution in [1.29, 1.82) is 0 Å². The standard InChI is InChI=1S/C29H39FN2O3/c1-19(2)28(34)24-17-32(15-7-6-14-31(4)5)18-25(29(35)21-10-8-11-22(33)16-21)27(24)23-12-9-13-26(30)20(23)3/h8-13,16,19,24-25,27,33H,6-7,14-15,17-18H2,1-5H3/t24-,25+,27+/m1/s1. The van der Waals surface area contributed by atoms with Crippen molar-refractivity contribution in [2.24, 2.45) is 17.8 Å². The van der Waals surface area contributed by atoms with E-state index in [2.05, 4.69) is 9.80 Å². The molecule has 0 spiro atoms. The summed E-state index contributed by atoms with van der Waals surface area (Å²) in [5.74, 6) is -1.86. The number of likely N-dealkylation sites (tertiary alicyclic amines) is 1. The summed E-state index contributed by atoms with van der Waals surface area (Å²) in [5.41, 5.74) is 1.64. The molecule has 0 aliphatic carbocycles. The van der Waals surface area contributed by atoms with Crippen LogP contribution in [-0.2, 0) is 4.79 Å². The first-order chi connectivity index (χ1) is 16.6. The molecule has 190 valence electrons. The lowest BCUT2D eigenvalue weighted by Gasteiger charge is -2.44. The number of phenolic OH excluding ortho intramolecular Hbond substituents is 1. The highest BCUT2D eigenvalue weighted by Gasteiger charge is 2.45. The largest absolute Gasteiger partial charge is 0.508 e. The van der Waals surface area contributed by atoms with Crippen LogP contribution in [-0.4, -0.2) is 66.7 Å². The van der Waals surface area contributed by atoms with Gasteiger partial charge in [0.1, 0.15) is 17.3 Å². The van der Waals surface area contributed by atoms with Gasteiger partial charge < -0.3 is 14.9 Å². The number of phenols is 1. The van der Waals surface area contributed by atoms with Gasteiger partial charge in [0, 0.05) is 42.3 Å². The van der Waals surface area contributed by atoms with E-state index in [1.165, 1.54) is 18.2 Å². The second-order valence-corrected chi connectivity index (χ2v) is 10.4. The highest BCUT2D eigenvalue weighted by molar-refractivity contribution is 6.00. The molecule has 5 nitrogen and oxygen atoms in total. The molecular weight excluding hydrogens is 443 g/mol. The Morgan fingerprint density at radius 1 is 1.09 bits per heavy atom. The summed E-state index contributed by atoms with van der Waals surface area (Å²) >= 11 is 0. The summed E-state index contributed by atoms with van der Waals surface area (Å²) in [5, 5.41) is 10.0. The fourth-order valence-corrected chi connectivity index (χ4v) is 5.32. The Morgan fingerprint density at radius 2 is 1.77 bits per heavy atom. The molecule has 0 radical (unpaired) electrons. The Morgan fingerprint density at radius 3 is 2.43 bits per heavy atom. The molecule has 6 heteroatoms. The van der Waals surface area contributed by atoms with Gasteiger partial charge in [0.05, 0.1) is 0 Å². The maximum Gasteiger partial charge on any atom is 0.167 e. The minimum absolute atomic E-state index is 0.0282. The minimum atomic E-state index is -0.521. The van der Waals surface area contributed by atoms with E-state index in [9.17, 15) is 19.1 Å². The molecule has 2 aromatic carbocycles. The van der Waals surface area contributed by atoms with Crippen molar-refractivity contribution in [2.45, 2.75) is 39.5 Å². The molecular formula is C29H39FN2O3. The first-order valence-electron chi connectivity index (χ1n) is 12.6. The third-order valence-corrected chi connectivity index (χ3v) is 7.18. The summed E-state index contributed by atoms with van der Waals surface area (Å²) in [6.07, 6.45) is 2.00. The summed E-state index contributed by atoms with van der Waals surface area (Å²) in [6.45, 7) is 8.35. The lowest BCUT2D eigenvalue weighted by molar-refractivity contribution is -0.129. The molecule has 1 aliphatic rings. The zero-order chi connectivity index (χ0) is 25.7. The fraction of sp³-hybridized carbons (Fsp3) is 0.517. The van der Waals surface area contributed by atoms with Crippen molar-refractivity contribution < 1.29 is 19.1 Å². The van der Waals surface area contributed by atoms with Crippen LogP contribution in [0.25, 0.3) is 0 Å². The number of rotatable bonds is 10. The van der Waals surface area contributed by atoms with Crippen LogP contribution in [0, 0.1) is 30.5 Å². The van der Waals surface area contributed by atoms with Gasteiger partial charge >= 0.3 is 0 Å². The van der Waals surface area contributed by atoms with E-state index < -0.39 is 17.8 Å². The molecule has 0 aromatic heterocycles. The van der Waals surface area contributed by atoms with Crippen LogP contribution in [0.1, 0.15) is 54.1 Å². The zero-order valence-corrected chi connectivity index (χ0v) is 21.6. The zero-order valence-electron chi connectivity index (χ0n) is 21.6. The van der Waals surface area contributed by atoms with E-state index in [1.807, 2.05) is 34.0 Å². The lowest BCUT2D eigenvalue weighted by Crippen LogP contribution is -2.51. The Hall–Kier alpha value is -2.57. The second-order valence-electron chi connectivity index (χ2n) is 10.4.